The van der Waals surface area contributed by atoms with Crippen LogP contribution in [0.15, 0.2) is 55.1 Å². The van der Waals surface area contributed by atoms with Crippen LogP contribution in [0, 0.1) is 0 Å². The summed E-state index contributed by atoms with van der Waals surface area (Å²) in [7, 11) is 0. The van der Waals surface area contributed by atoms with E-state index in [4.69, 9.17) is 9.97 Å². The molecule has 36 heavy (non-hydrogen) atoms. The van der Waals surface area contributed by atoms with Crippen molar-refractivity contribution < 1.29 is 4.79 Å². The fraction of sp³-hybridized carbons (Fsp3) is 0.320. The van der Waals surface area contributed by atoms with Gasteiger partial charge in [-0.3, -0.25) is 19.4 Å². The number of likely N-dealkylation sites (tertiary alicyclic amines) is 1. The van der Waals surface area contributed by atoms with Crippen LogP contribution in [0.3, 0.4) is 0 Å². The van der Waals surface area contributed by atoms with Gasteiger partial charge in [-0.1, -0.05) is 39.9 Å². The predicted octanol–water partition coefficient (Wildman–Crippen LogP) is 4.44. The van der Waals surface area contributed by atoms with Crippen LogP contribution < -0.4 is 5.32 Å². The molecule has 11 heteroatoms. The maximum absolute atomic E-state index is 12.2. The molecule has 1 aromatic carbocycles. The fourth-order valence-electron chi connectivity index (χ4n) is 4.24. The molecule has 0 aliphatic carbocycles. The van der Waals surface area contributed by atoms with Crippen molar-refractivity contribution in [1.29, 1.82) is 0 Å². The number of carbonyl (C=O) groups is 1. The normalized spacial score (nSPS) is 17.7. The van der Waals surface area contributed by atoms with Crippen LogP contribution in [0.25, 0.3) is 22.6 Å². The van der Waals surface area contributed by atoms with E-state index in [9.17, 15) is 4.79 Å². The lowest BCUT2D eigenvalue weighted by atomic mass is 9.97. The summed E-state index contributed by atoms with van der Waals surface area (Å²) >= 11 is 2.34. The minimum atomic E-state index is 0.0347. The molecule has 3 aromatic heterocycles. The molecule has 0 radical (unpaired) electrons. The standard InChI is InChI=1S/C25H26IN9O/c1-3-34-15-22(32-33-34)17-5-4-6-19(11-17)29-24-12-20(21-13-27-9-10-28-21)30-25(31-24)18-7-8-23(26)35(14-18)16(2)36/h4-6,9-13,15,18,23H,3,7-8,14H2,1-2H3,(H,29,30,31)/t18-,23-/m1/s1. The Morgan fingerprint density at radius 2 is 2.03 bits per heavy atom. The number of nitrogens with zero attached hydrogens (tertiary/aromatic N) is 8. The summed E-state index contributed by atoms with van der Waals surface area (Å²) in [6.45, 7) is 5.00. The lowest BCUT2D eigenvalue weighted by Crippen LogP contribution is -2.42. The van der Waals surface area contributed by atoms with Crippen molar-refractivity contribution >= 4 is 40.0 Å². The zero-order valence-electron chi connectivity index (χ0n) is 20.0. The topological polar surface area (TPSA) is 115 Å². The number of benzene rings is 1. The number of anilines is 2. The number of halogens is 1. The summed E-state index contributed by atoms with van der Waals surface area (Å²) in [4.78, 5) is 32.5. The summed E-state index contributed by atoms with van der Waals surface area (Å²) in [5, 5.41) is 11.8. The second-order valence-electron chi connectivity index (χ2n) is 8.63. The smallest absolute Gasteiger partial charge is 0.220 e. The predicted molar refractivity (Wildman–Crippen MR) is 145 cm³/mol. The molecule has 1 fully saturated rings. The van der Waals surface area contributed by atoms with Gasteiger partial charge in [-0.25, -0.2) is 9.97 Å². The Labute approximate surface area is 222 Å². The van der Waals surface area contributed by atoms with Crippen LogP contribution in [0.4, 0.5) is 11.5 Å². The third kappa shape index (κ3) is 5.35. The van der Waals surface area contributed by atoms with E-state index in [0.717, 1.165) is 36.3 Å². The average molecular weight is 595 g/mol. The van der Waals surface area contributed by atoms with Gasteiger partial charge in [0.1, 0.15) is 23.0 Å². The Kier molecular flexibility index (Phi) is 7.16. The third-order valence-corrected chi connectivity index (χ3v) is 7.44. The number of aryl methyl sites for hydroxylation is 1. The van der Waals surface area contributed by atoms with E-state index in [-0.39, 0.29) is 15.9 Å². The van der Waals surface area contributed by atoms with Crippen molar-refractivity contribution in [1.82, 2.24) is 39.8 Å². The quantitative estimate of drug-likeness (QED) is 0.198. The van der Waals surface area contributed by atoms with Crippen molar-refractivity contribution in [3.05, 3.63) is 60.9 Å². The van der Waals surface area contributed by atoms with Gasteiger partial charge < -0.3 is 10.2 Å². The van der Waals surface area contributed by atoms with E-state index in [1.165, 1.54) is 0 Å². The van der Waals surface area contributed by atoms with Gasteiger partial charge in [0.05, 0.1) is 22.1 Å². The van der Waals surface area contributed by atoms with Gasteiger partial charge in [0.25, 0.3) is 0 Å². The van der Waals surface area contributed by atoms with Crippen LogP contribution in [0.5, 0.6) is 0 Å². The fourth-order valence-corrected chi connectivity index (χ4v) is 5.22. The highest BCUT2D eigenvalue weighted by Gasteiger charge is 2.31. The van der Waals surface area contributed by atoms with Crippen LogP contribution in [0.1, 0.15) is 38.4 Å². The highest BCUT2D eigenvalue weighted by Crippen LogP contribution is 2.33. The van der Waals surface area contributed by atoms with Crippen LogP contribution in [-0.2, 0) is 11.3 Å². The van der Waals surface area contributed by atoms with Gasteiger partial charge in [-0.05, 0) is 31.9 Å². The highest BCUT2D eigenvalue weighted by molar-refractivity contribution is 14.1. The number of hydrogen-bond donors (Lipinski definition) is 1. The number of hydrogen-bond acceptors (Lipinski definition) is 8. The van der Waals surface area contributed by atoms with Gasteiger partial charge in [0, 0.05) is 55.6 Å². The zero-order chi connectivity index (χ0) is 25.1. The first-order chi connectivity index (χ1) is 17.5. The first kappa shape index (κ1) is 24.2. The molecule has 1 saturated heterocycles. The Morgan fingerprint density at radius 3 is 2.78 bits per heavy atom. The van der Waals surface area contributed by atoms with Gasteiger partial charge in [0.2, 0.25) is 5.91 Å². The number of alkyl halides is 1. The molecule has 4 heterocycles. The molecule has 2 atom stereocenters. The molecule has 1 aliphatic heterocycles. The first-order valence-corrected chi connectivity index (χ1v) is 13.1. The summed E-state index contributed by atoms with van der Waals surface area (Å²) in [5.74, 6) is 1.45. The summed E-state index contributed by atoms with van der Waals surface area (Å²) in [5.41, 5.74) is 3.99. The number of amides is 1. The number of aromatic nitrogens is 7. The largest absolute Gasteiger partial charge is 0.340 e. The van der Waals surface area contributed by atoms with Crippen molar-refractivity contribution in [2.45, 2.75) is 43.2 Å². The minimum Gasteiger partial charge on any atom is -0.340 e. The SMILES string of the molecule is CCn1cc(-c2cccc(Nc3cc(-c4cnccn4)nc([C@@H]4CC[C@H](I)N(C(C)=O)C4)n3)c2)nn1. The van der Waals surface area contributed by atoms with Gasteiger partial charge in [-0.2, -0.15) is 0 Å². The Hall–Kier alpha value is -3.48. The Morgan fingerprint density at radius 1 is 1.14 bits per heavy atom. The molecule has 1 amide bonds. The monoisotopic (exact) mass is 595 g/mol. The van der Waals surface area contributed by atoms with Crippen LogP contribution in [-0.4, -0.2) is 56.3 Å². The summed E-state index contributed by atoms with van der Waals surface area (Å²) in [6.07, 6.45) is 8.71. The molecular weight excluding hydrogens is 569 g/mol. The maximum Gasteiger partial charge on any atom is 0.220 e. The summed E-state index contributed by atoms with van der Waals surface area (Å²) < 4.78 is 1.99. The minimum absolute atomic E-state index is 0.0347. The van der Waals surface area contributed by atoms with Crippen LogP contribution in [0.2, 0.25) is 0 Å². The maximum atomic E-state index is 12.2. The lowest BCUT2D eigenvalue weighted by molar-refractivity contribution is -0.130. The number of carbonyl (C=O) groups excluding carboxylic acids is 1. The van der Waals surface area contributed by atoms with E-state index >= 15 is 0 Å². The van der Waals surface area contributed by atoms with E-state index in [1.54, 1.807) is 30.2 Å². The number of rotatable bonds is 6. The second-order valence-corrected chi connectivity index (χ2v) is 10.1. The molecule has 1 aliphatic rings. The molecule has 0 unspecified atom stereocenters. The summed E-state index contributed by atoms with van der Waals surface area (Å²) in [6, 6.07) is 9.86. The first-order valence-electron chi connectivity index (χ1n) is 11.8. The molecule has 184 valence electrons. The number of piperidine rings is 1. The van der Waals surface area contributed by atoms with Crippen molar-refractivity contribution in [3.63, 3.8) is 0 Å². The van der Waals surface area contributed by atoms with E-state index in [2.05, 4.69) is 48.2 Å². The molecule has 4 aromatic rings. The van der Waals surface area contributed by atoms with Gasteiger partial charge in [0.15, 0.2) is 0 Å². The van der Waals surface area contributed by atoms with E-state index in [1.807, 2.05) is 48.4 Å². The molecule has 0 bridgehead atoms. The molecular formula is C25H26IN9O. The molecule has 0 saturated carbocycles. The van der Waals surface area contributed by atoms with Crippen molar-refractivity contribution in [3.8, 4) is 22.6 Å². The van der Waals surface area contributed by atoms with Gasteiger partial charge >= 0.3 is 0 Å². The van der Waals surface area contributed by atoms with Crippen molar-refractivity contribution in [2.75, 3.05) is 11.9 Å². The van der Waals surface area contributed by atoms with Crippen molar-refractivity contribution in [2.24, 2.45) is 0 Å². The van der Waals surface area contributed by atoms with Gasteiger partial charge in [-0.15, -0.1) is 5.10 Å². The molecule has 10 nitrogen and oxygen atoms in total. The molecule has 5 rings (SSSR count). The molecule has 0 spiro atoms. The second kappa shape index (κ2) is 10.6. The average Bonchev–Trinajstić information content (AvgIpc) is 3.39. The van der Waals surface area contributed by atoms with E-state index < -0.39 is 0 Å². The van der Waals surface area contributed by atoms with Crippen LogP contribution >= 0.6 is 22.6 Å². The Bertz CT molecular complexity index is 1360. The third-order valence-electron chi connectivity index (χ3n) is 6.14. The highest BCUT2D eigenvalue weighted by atomic mass is 127. The zero-order valence-corrected chi connectivity index (χ0v) is 22.2. The lowest BCUT2D eigenvalue weighted by Gasteiger charge is -2.35. The number of nitrogens with one attached hydrogen (secondary N) is 1. The Balaban J connectivity index is 1.48. The van der Waals surface area contributed by atoms with E-state index in [0.29, 0.717) is 29.6 Å². The molecule has 1 N–H and O–H groups in total.